The van der Waals surface area contributed by atoms with Crippen LogP contribution >= 0.6 is 0 Å². The number of aryl methyl sites for hydroxylation is 1. The molecule has 1 fully saturated rings. The minimum atomic E-state index is -4.60. The van der Waals surface area contributed by atoms with Gasteiger partial charge in [0.25, 0.3) is 15.9 Å². The first-order valence-electron chi connectivity index (χ1n) is 15.4. The Morgan fingerprint density at radius 3 is 2.22 bits per heavy atom. The van der Waals surface area contributed by atoms with Crippen molar-refractivity contribution < 1.29 is 49.0 Å². The van der Waals surface area contributed by atoms with E-state index >= 15 is 0 Å². The standard InChI is InChI=1S/C34H29F6N5O5S/c1-43-29-15-25(50-32-9-5-23(18-41-32)42-51(47,48)31-17-27(36)26(35)16-28(31)37)8-4-22(29)14-30(43)33(46)45-12-10-44(11-13-45)19-21-2-6-24(7-3-21)49-20-34(38,39)40/h2-9,14-18,42H,10-13,19-20H2,1H3. The van der Waals surface area contributed by atoms with Crippen molar-refractivity contribution in [1.29, 1.82) is 0 Å². The summed E-state index contributed by atoms with van der Waals surface area (Å²) in [5.41, 5.74) is 2.00. The summed E-state index contributed by atoms with van der Waals surface area (Å²) in [6.45, 7) is 1.40. The van der Waals surface area contributed by atoms with E-state index in [9.17, 15) is 39.6 Å². The monoisotopic (exact) mass is 733 g/mol. The van der Waals surface area contributed by atoms with Crippen molar-refractivity contribution in [3.8, 4) is 17.4 Å². The average Bonchev–Trinajstić information content (AvgIpc) is 3.41. The van der Waals surface area contributed by atoms with Crippen LogP contribution in [0.25, 0.3) is 10.9 Å². The van der Waals surface area contributed by atoms with E-state index < -0.39 is 45.2 Å². The van der Waals surface area contributed by atoms with Gasteiger partial charge in [-0.2, -0.15) is 13.2 Å². The van der Waals surface area contributed by atoms with Crippen molar-refractivity contribution in [2.24, 2.45) is 7.05 Å². The molecular weight excluding hydrogens is 704 g/mol. The summed E-state index contributed by atoms with van der Waals surface area (Å²) in [5, 5.41) is 0.789. The number of hydrogen-bond donors (Lipinski definition) is 1. The highest BCUT2D eigenvalue weighted by Crippen LogP contribution is 2.29. The maximum absolute atomic E-state index is 14.0. The number of alkyl halides is 3. The van der Waals surface area contributed by atoms with E-state index in [0.29, 0.717) is 49.7 Å². The van der Waals surface area contributed by atoms with Crippen LogP contribution in [-0.2, 0) is 23.6 Å². The summed E-state index contributed by atoms with van der Waals surface area (Å²) in [7, 11) is -2.84. The zero-order valence-electron chi connectivity index (χ0n) is 26.8. The van der Waals surface area contributed by atoms with Crippen LogP contribution in [0.1, 0.15) is 16.1 Å². The number of rotatable bonds is 10. The number of sulfonamides is 1. The smallest absolute Gasteiger partial charge is 0.422 e. The molecule has 0 atom stereocenters. The lowest BCUT2D eigenvalue weighted by atomic mass is 10.2. The SMILES string of the molecule is Cn1c(C(=O)N2CCN(Cc3ccc(OCC(F)(F)F)cc3)CC2)cc2ccc(Oc3ccc(NS(=O)(=O)c4cc(F)c(F)cc4F)cn3)cc21. The molecule has 268 valence electrons. The molecule has 10 nitrogen and oxygen atoms in total. The predicted octanol–water partition coefficient (Wildman–Crippen LogP) is 6.48. The third-order valence-electron chi connectivity index (χ3n) is 8.10. The van der Waals surface area contributed by atoms with Gasteiger partial charge >= 0.3 is 6.18 Å². The second-order valence-electron chi connectivity index (χ2n) is 11.7. The highest BCUT2D eigenvalue weighted by molar-refractivity contribution is 7.92. The number of ether oxygens (including phenoxy) is 2. The number of piperazine rings is 1. The number of nitrogens with one attached hydrogen (secondary N) is 1. The Morgan fingerprint density at radius 2 is 1.55 bits per heavy atom. The number of carbonyl (C=O) groups is 1. The molecule has 1 aliphatic rings. The molecule has 2 aromatic heterocycles. The fourth-order valence-electron chi connectivity index (χ4n) is 5.51. The van der Waals surface area contributed by atoms with Gasteiger partial charge in [0.1, 0.15) is 27.9 Å². The van der Waals surface area contributed by atoms with Crippen LogP contribution in [-0.4, -0.2) is 72.6 Å². The van der Waals surface area contributed by atoms with Gasteiger partial charge in [-0.05, 0) is 42.0 Å². The summed E-state index contributed by atoms with van der Waals surface area (Å²) in [5.74, 6) is -4.05. The largest absolute Gasteiger partial charge is 0.484 e. The second-order valence-corrected chi connectivity index (χ2v) is 13.4. The number of benzene rings is 3. The molecule has 3 heterocycles. The molecule has 3 aromatic carbocycles. The first-order chi connectivity index (χ1) is 24.1. The molecule has 51 heavy (non-hydrogen) atoms. The number of carbonyl (C=O) groups excluding carboxylic acids is 1. The normalized spacial score (nSPS) is 14.1. The van der Waals surface area contributed by atoms with Gasteiger partial charge < -0.3 is 18.9 Å². The molecule has 0 unspecified atom stereocenters. The summed E-state index contributed by atoms with van der Waals surface area (Å²) < 4.78 is 117. The topological polar surface area (TPSA) is 106 Å². The molecule has 0 spiro atoms. The summed E-state index contributed by atoms with van der Waals surface area (Å²) >= 11 is 0. The molecular formula is C34H29F6N5O5S. The van der Waals surface area contributed by atoms with E-state index in [-0.39, 0.29) is 35.4 Å². The van der Waals surface area contributed by atoms with Crippen LogP contribution in [0.4, 0.5) is 32.0 Å². The molecule has 1 amide bonds. The summed E-state index contributed by atoms with van der Waals surface area (Å²) in [6.07, 6.45) is -3.30. The number of aromatic nitrogens is 2. The molecule has 5 aromatic rings. The Kier molecular flexibility index (Phi) is 9.86. The molecule has 0 radical (unpaired) electrons. The van der Waals surface area contributed by atoms with Crippen molar-refractivity contribution in [3.63, 3.8) is 0 Å². The van der Waals surface area contributed by atoms with Crippen LogP contribution in [0.15, 0.2) is 83.9 Å². The zero-order chi connectivity index (χ0) is 36.5. The van der Waals surface area contributed by atoms with Crippen LogP contribution < -0.4 is 14.2 Å². The maximum Gasteiger partial charge on any atom is 0.422 e. The minimum Gasteiger partial charge on any atom is -0.484 e. The first-order valence-corrected chi connectivity index (χ1v) is 16.8. The van der Waals surface area contributed by atoms with Crippen molar-refractivity contribution in [3.05, 3.63) is 108 Å². The Balaban J connectivity index is 1.05. The van der Waals surface area contributed by atoms with Gasteiger partial charge in [-0.15, -0.1) is 0 Å². The van der Waals surface area contributed by atoms with E-state index in [1.54, 1.807) is 52.9 Å². The molecule has 1 saturated heterocycles. The number of fused-ring (bicyclic) bond motifs is 1. The second kappa shape index (κ2) is 14.1. The van der Waals surface area contributed by atoms with Crippen molar-refractivity contribution in [2.45, 2.75) is 17.6 Å². The van der Waals surface area contributed by atoms with E-state index in [1.807, 2.05) is 0 Å². The molecule has 17 heteroatoms. The number of hydrogen-bond acceptors (Lipinski definition) is 7. The van der Waals surface area contributed by atoms with Gasteiger partial charge in [0, 0.05) is 69.4 Å². The predicted molar refractivity (Wildman–Crippen MR) is 174 cm³/mol. The number of pyridine rings is 1. The Hall–Kier alpha value is -5.29. The first kappa shape index (κ1) is 35.5. The van der Waals surface area contributed by atoms with Crippen molar-refractivity contribution in [1.82, 2.24) is 19.4 Å². The summed E-state index contributed by atoms with van der Waals surface area (Å²) in [6, 6.07) is 16.4. The lowest BCUT2D eigenvalue weighted by Crippen LogP contribution is -2.48. The highest BCUT2D eigenvalue weighted by Gasteiger charge is 2.29. The molecule has 0 saturated carbocycles. The number of anilines is 1. The van der Waals surface area contributed by atoms with Crippen LogP contribution in [0.5, 0.6) is 17.4 Å². The minimum absolute atomic E-state index is 0.0829. The average molecular weight is 734 g/mol. The van der Waals surface area contributed by atoms with E-state index in [1.165, 1.54) is 24.3 Å². The molecule has 1 N–H and O–H groups in total. The van der Waals surface area contributed by atoms with Crippen LogP contribution in [0.3, 0.4) is 0 Å². The number of nitrogens with zero attached hydrogens (tertiary/aromatic N) is 4. The lowest BCUT2D eigenvalue weighted by molar-refractivity contribution is -0.153. The molecule has 6 rings (SSSR count). The Labute approximate surface area is 287 Å². The Bertz CT molecular complexity index is 2170. The third-order valence-corrected chi connectivity index (χ3v) is 9.50. The van der Waals surface area contributed by atoms with Gasteiger partial charge in [-0.25, -0.2) is 26.6 Å². The third kappa shape index (κ3) is 8.37. The number of halogens is 6. The number of amides is 1. The van der Waals surface area contributed by atoms with E-state index in [4.69, 9.17) is 9.47 Å². The van der Waals surface area contributed by atoms with Gasteiger partial charge in [-0.1, -0.05) is 12.1 Å². The van der Waals surface area contributed by atoms with E-state index in [0.717, 1.165) is 17.1 Å². The Morgan fingerprint density at radius 1 is 0.863 bits per heavy atom. The quantitative estimate of drug-likeness (QED) is 0.129. The highest BCUT2D eigenvalue weighted by atomic mass is 32.2. The fraction of sp³-hybridized carbons (Fsp3) is 0.235. The van der Waals surface area contributed by atoms with Gasteiger partial charge in [0.05, 0.1) is 17.4 Å². The van der Waals surface area contributed by atoms with Crippen LogP contribution in [0, 0.1) is 17.5 Å². The molecule has 0 aliphatic carbocycles. The van der Waals surface area contributed by atoms with Crippen LogP contribution in [0.2, 0.25) is 0 Å². The van der Waals surface area contributed by atoms with Crippen molar-refractivity contribution in [2.75, 3.05) is 37.5 Å². The molecule has 0 bridgehead atoms. The van der Waals surface area contributed by atoms with E-state index in [2.05, 4.69) is 14.6 Å². The van der Waals surface area contributed by atoms with Gasteiger partial charge in [0.15, 0.2) is 18.2 Å². The summed E-state index contributed by atoms with van der Waals surface area (Å²) in [4.78, 5) is 20.4. The lowest BCUT2D eigenvalue weighted by Gasteiger charge is -2.34. The van der Waals surface area contributed by atoms with Crippen molar-refractivity contribution >= 4 is 32.5 Å². The van der Waals surface area contributed by atoms with Gasteiger partial charge in [0.2, 0.25) is 5.88 Å². The maximum atomic E-state index is 14.0. The fourth-order valence-corrected chi connectivity index (χ4v) is 6.62. The zero-order valence-corrected chi connectivity index (χ0v) is 27.6. The molecule has 1 aliphatic heterocycles. The van der Waals surface area contributed by atoms with Gasteiger partial charge in [-0.3, -0.25) is 14.4 Å².